The quantitative estimate of drug-likeness (QED) is 0.835. The van der Waals surface area contributed by atoms with Crippen molar-refractivity contribution in [1.82, 2.24) is 9.97 Å². The van der Waals surface area contributed by atoms with Crippen LogP contribution < -0.4 is 4.90 Å². The summed E-state index contributed by atoms with van der Waals surface area (Å²) in [6.07, 6.45) is 1.62. The Bertz CT molecular complexity index is 391. The second-order valence-corrected chi connectivity index (χ2v) is 4.01. The lowest BCUT2D eigenvalue weighted by atomic mass is 10.3. The smallest absolute Gasteiger partial charge is 0.323 e. The van der Waals surface area contributed by atoms with E-state index in [4.69, 9.17) is 5.11 Å². The molecule has 1 aromatic rings. The van der Waals surface area contributed by atoms with Crippen LogP contribution in [-0.4, -0.2) is 33.6 Å². The molecule has 0 unspecified atom stereocenters. The molecule has 0 radical (unpaired) electrons. The molecule has 88 valence electrons. The Hall–Kier alpha value is -1.65. The van der Waals surface area contributed by atoms with Gasteiger partial charge < -0.3 is 10.0 Å². The summed E-state index contributed by atoms with van der Waals surface area (Å²) in [5, 5.41) is 8.83. The van der Waals surface area contributed by atoms with Gasteiger partial charge in [-0.3, -0.25) is 9.78 Å². The van der Waals surface area contributed by atoms with Crippen molar-refractivity contribution in [2.75, 3.05) is 11.4 Å². The summed E-state index contributed by atoms with van der Waals surface area (Å²) in [5.74, 6) is -0.255. The zero-order valence-corrected chi connectivity index (χ0v) is 10.1. The van der Waals surface area contributed by atoms with Crippen LogP contribution in [0.4, 0.5) is 5.82 Å². The van der Waals surface area contributed by atoms with E-state index in [2.05, 4.69) is 9.97 Å². The third kappa shape index (κ3) is 2.92. The number of aromatic nitrogens is 2. The molecule has 1 aromatic heterocycles. The fourth-order valence-corrected chi connectivity index (χ4v) is 1.34. The lowest BCUT2D eigenvalue weighted by Gasteiger charge is -2.25. The van der Waals surface area contributed by atoms with Gasteiger partial charge in [0, 0.05) is 6.04 Å². The first-order valence-corrected chi connectivity index (χ1v) is 5.20. The van der Waals surface area contributed by atoms with Gasteiger partial charge in [-0.15, -0.1) is 0 Å². The molecule has 5 heteroatoms. The van der Waals surface area contributed by atoms with Crippen LogP contribution in [0.5, 0.6) is 0 Å². The van der Waals surface area contributed by atoms with E-state index < -0.39 is 5.97 Å². The molecule has 5 nitrogen and oxygen atoms in total. The maximum Gasteiger partial charge on any atom is 0.323 e. The van der Waals surface area contributed by atoms with Gasteiger partial charge in [0.15, 0.2) is 0 Å². The number of anilines is 1. The second kappa shape index (κ2) is 4.92. The molecule has 0 aliphatic rings. The minimum atomic E-state index is -0.867. The summed E-state index contributed by atoms with van der Waals surface area (Å²) in [6.45, 7) is 7.54. The Balaban J connectivity index is 3.01. The summed E-state index contributed by atoms with van der Waals surface area (Å²) >= 11 is 0. The summed E-state index contributed by atoms with van der Waals surface area (Å²) in [7, 11) is 0. The van der Waals surface area contributed by atoms with Crippen LogP contribution >= 0.6 is 0 Å². The Morgan fingerprint density at radius 2 is 2.06 bits per heavy atom. The number of nitrogens with zero attached hydrogens (tertiary/aromatic N) is 3. The highest BCUT2D eigenvalue weighted by Gasteiger charge is 2.16. The van der Waals surface area contributed by atoms with Gasteiger partial charge in [0.05, 0.1) is 17.6 Å². The van der Waals surface area contributed by atoms with Gasteiger partial charge in [0.25, 0.3) is 0 Å². The predicted molar refractivity (Wildman–Crippen MR) is 61.6 cm³/mol. The van der Waals surface area contributed by atoms with E-state index in [9.17, 15) is 4.79 Å². The van der Waals surface area contributed by atoms with Crippen LogP contribution in [0.1, 0.15) is 25.2 Å². The number of carboxylic acids is 1. The Morgan fingerprint density at radius 3 is 2.50 bits per heavy atom. The fraction of sp³-hybridized carbons (Fsp3) is 0.545. The normalized spacial score (nSPS) is 10.6. The van der Waals surface area contributed by atoms with Crippen LogP contribution in [0.25, 0.3) is 0 Å². The second-order valence-electron chi connectivity index (χ2n) is 4.01. The average Bonchev–Trinajstić information content (AvgIpc) is 2.18. The number of hydrogen-bond donors (Lipinski definition) is 1. The molecule has 0 aliphatic heterocycles. The lowest BCUT2D eigenvalue weighted by molar-refractivity contribution is -0.135. The Labute approximate surface area is 95.1 Å². The van der Waals surface area contributed by atoms with Crippen molar-refractivity contribution >= 4 is 11.8 Å². The van der Waals surface area contributed by atoms with Crippen LogP contribution in [0.2, 0.25) is 0 Å². The van der Waals surface area contributed by atoms with Crippen molar-refractivity contribution in [3.05, 3.63) is 17.6 Å². The van der Waals surface area contributed by atoms with Gasteiger partial charge in [0.2, 0.25) is 0 Å². The molecule has 0 aromatic carbocycles. The van der Waals surface area contributed by atoms with Crippen molar-refractivity contribution in [3.63, 3.8) is 0 Å². The minimum Gasteiger partial charge on any atom is -0.480 e. The highest BCUT2D eigenvalue weighted by molar-refractivity contribution is 5.73. The number of hydrogen-bond acceptors (Lipinski definition) is 4. The summed E-state index contributed by atoms with van der Waals surface area (Å²) in [5.41, 5.74) is 1.69. The zero-order valence-electron chi connectivity index (χ0n) is 10.1. The van der Waals surface area contributed by atoms with E-state index in [0.29, 0.717) is 5.82 Å². The predicted octanol–water partition coefficient (Wildman–Crippen LogP) is 1.39. The van der Waals surface area contributed by atoms with Gasteiger partial charge in [-0.25, -0.2) is 4.98 Å². The number of aryl methyl sites for hydroxylation is 2. The number of aliphatic carboxylic acids is 1. The first-order chi connectivity index (χ1) is 7.41. The van der Waals surface area contributed by atoms with Crippen LogP contribution in [-0.2, 0) is 4.79 Å². The van der Waals surface area contributed by atoms with Crippen LogP contribution in [0.3, 0.4) is 0 Å². The van der Waals surface area contributed by atoms with E-state index in [1.54, 1.807) is 11.1 Å². The van der Waals surface area contributed by atoms with E-state index >= 15 is 0 Å². The SMILES string of the molecule is Cc1ncc(N(CC(=O)O)C(C)C)nc1C. The number of carboxylic acid groups (broad SMARTS) is 1. The van der Waals surface area contributed by atoms with E-state index in [1.165, 1.54) is 0 Å². The molecule has 0 amide bonds. The Morgan fingerprint density at radius 1 is 1.44 bits per heavy atom. The van der Waals surface area contributed by atoms with Crippen LogP contribution in [0.15, 0.2) is 6.20 Å². The molecular formula is C11H17N3O2. The molecule has 0 spiro atoms. The van der Waals surface area contributed by atoms with E-state index in [-0.39, 0.29) is 12.6 Å². The monoisotopic (exact) mass is 223 g/mol. The van der Waals surface area contributed by atoms with Gasteiger partial charge in [-0.2, -0.15) is 0 Å². The van der Waals surface area contributed by atoms with Gasteiger partial charge in [0.1, 0.15) is 12.4 Å². The van der Waals surface area contributed by atoms with Crippen LogP contribution in [0, 0.1) is 13.8 Å². The molecule has 1 heterocycles. The molecule has 0 bridgehead atoms. The zero-order chi connectivity index (χ0) is 12.3. The average molecular weight is 223 g/mol. The molecule has 1 rings (SSSR count). The third-order valence-corrected chi connectivity index (χ3v) is 2.40. The molecule has 16 heavy (non-hydrogen) atoms. The topological polar surface area (TPSA) is 66.3 Å². The first-order valence-electron chi connectivity index (χ1n) is 5.20. The maximum absolute atomic E-state index is 10.7. The van der Waals surface area contributed by atoms with Gasteiger partial charge in [-0.05, 0) is 27.7 Å². The van der Waals surface area contributed by atoms with Crippen molar-refractivity contribution in [2.24, 2.45) is 0 Å². The van der Waals surface area contributed by atoms with Crippen molar-refractivity contribution in [3.8, 4) is 0 Å². The standard InChI is InChI=1S/C11H17N3O2/c1-7(2)14(6-11(15)16)10-5-12-8(3)9(4)13-10/h5,7H,6H2,1-4H3,(H,15,16). The number of carbonyl (C=O) groups is 1. The summed E-state index contributed by atoms with van der Waals surface area (Å²) < 4.78 is 0. The Kier molecular flexibility index (Phi) is 3.82. The molecule has 0 saturated carbocycles. The molecule has 0 fully saturated rings. The van der Waals surface area contributed by atoms with E-state index in [0.717, 1.165) is 11.4 Å². The largest absolute Gasteiger partial charge is 0.480 e. The lowest BCUT2D eigenvalue weighted by Crippen LogP contribution is -2.36. The molecule has 1 N–H and O–H groups in total. The summed E-state index contributed by atoms with van der Waals surface area (Å²) in [4.78, 5) is 21.0. The molecule has 0 aliphatic carbocycles. The maximum atomic E-state index is 10.7. The highest BCUT2D eigenvalue weighted by atomic mass is 16.4. The summed E-state index contributed by atoms with van der Waals surface area (Å²) in [6, 6.07) is 0.0764. The molecule has 0 atom stereocenters. The fourth-order valence-electron chi connectivity index (χ4n) is 1.34. The van der Waals surface area contributed by atoms with Crippen molar-refractivity contribution in [2.45, 2.75) is 33.7 Å². The minimum absolute atomic E-state index is 0.0607. The molecular weight excluding hydrogens is 206 g/mol. The van der Waals surface area contributed by atoms with Crippen molar-refractivity contribution in [1.29, 1.82) is 0 Å². The van der Waals surface area contributed by atoms with Gasteiger partial charge >= 0.3 is 5.97 Å². The van der Waals surface area contributed by atoms with Crippen molar-refractivity contribution < 1.29 is 9.90 Å². The first kappa shape index (κ1) is 12.4. The third-order valence-electron chi connectivity index (χ3n) is 2.40. The highest BCUT2D eigenvalue weighted by Crippen LogP contribution is 2.14. The number of rotatable bonds is 4. The molecule has 0 saturated heterocycles. The van der Waals surface area contributed by atoms with Gasteiger partial charge in [-0.1, -0.05) is 0 Å². The van der Waals surface area contributed by atoms with E-state index in [1.807, 2.05) is 27.7 Å².